The normalized spacial score (nSPS) is 19.6. The maximum Gasteiger partial charge on any atom is 0.0875 e. The fraction of sp³-hybridized carbons (Fsp3) is 0.800. The van der Waals surface area contributed by atoms with Crippen molar-refractivity contribution in [3.05, 3.63) is 12.8 Å². The van der Waals surface area contributed by atoms with Crippen molar-refractivity contribution in [1.82, 2.24) is 0 Å². The summed E-state index contributed by atoms with van der Waals surface area (Å²) in [6.45, 7) is 4.39. The van der Waals surface area contributed by atoms with Crippen LogP contribution in [-0.2, 0) is 4.74 Å². The van der Waals surface area contributed by atoms with Crippen molar-refractivity contribution >= 4 is 0 Å². The molecule has 1 heteroatoms. The molecule has 64 valence electrons. The van der Waals surface area contributed by atoms with Crippen LogP contribution in [0.4, 0.5) is 0 Å². The second-order valence-corrected chi connectivity index (χ2v) is 3.33. The molecule has 1 aliphatic rings. The van der Waals surface area contributed by atoms with Crippen LogP contribution >= 0.6 is 0 Å². The summed E-state index contributed by atoms with van der Waals surface area (Å²) in [5.41, 5.74) is 0. The molecule has 0 aromatic heterocycles. The van der Waals surface area contributed by atoms with Gasteiger partial charge in [-0.1, -0.05) is 38.7 Å². The van der Waals surface area contributed by atoms with E-state index in [4.69, 9.17) is 4.74 Å². The zero-order chi connectivity index (χ0) is 7.94. The Labute approximate surface area is 69.4 Å². The van der Waals surface area contributed by atoms with Crippen molar-refractivity contribution < 1.29 is 4.74 Å². The molecule has 0 amide bonds. The van der Waals surface area contributed by atoms with Crippen molar-refractivity contribution in [3.8, 4) is 0 Å². The smallest absolute Gasteiger partial charge is 0.0875 e. The maximum atomic E-state index is 5.10. The van der Waals surface area contributed by atoms with Gasteiger partial charge in [-0.05, 0) is 12.3 Å². The first-order valence-corrected chi connectivity index (χ1v) is 4.66. The highest BCUT2D eigenvalue weighted by Crippen LogP contribution is 2.25. The van der Waals surface area contributed by atoms with Crippen LogP contribution in [0.15, 0.2) is 12.8 Å². The molecule has 1 nitrogen and oxygen atoms in total. The zero-order valence-electron chi connectivity index (χ0n) is 7.22. The molecule has 0 bridgehead atoms. The molecule has 1 rings (SSSR count). The summed E-state index contributed by atoms with van der Waals surface area (Å²) >= 11 is 0. The lowest BCUT2D eigenvalue weighted by molar-refractivity contribution is 0.204. The van der Waals surface area contributed by atoms with Gasteiger partial charge < -0.3 is 4.74 Å². The first-order valence-electron chi connectivity index (χ1n) is 4.66. The molecule has 0 heterocycles. The average Bonchev–Trinajstić information content (AvgIpc) is 2.07. The first-order chi connectivity index (χ1) is 5.43. The Bertz CT molecular complexity index is 103. The molecule has 0 aromatic carbocycles. The monoisotopic (exact) mass is 154 g/mol. The maximum absolute atomic E-state index is 5.10. The highest BCUT2D eigenvalue weighted by molar-refractivity contribution is 4.65. The van der Waals surface area contributed by atoms with Crippen LogP contribution in [0.25, 0.3) is 0 Å². The number of hydrogen-bond acceptors (Lipinski definition) is 1. The van der Waals surface area contributed by atoms with Gasteiger partial charge in [0, 0.05) is 0 Å². The topological polar surface area (TPSA) is 9.23 Å². The highest BCUT2D eigenvalue weighted by atomic mass is 16.5. The van der Waals surface area contributed by atoms with Crippen LogP contribution in [0.5, 0.6) is 0 Å². The minimum absolute atomic E-state index is 0.869. The fourth-order valence-corrected chi connectivity index (χ4v) is 1.79. The molecule has 11 heavy (non-hydrogen) atoms. The summed E-state index contributed by atoms with van der Waals surface area (Å²) < 4.78 is 5.10. The van der Waals surface area contributed by atoms with E-state index in [2.05, 4.69) is 6.58 Å². The van der Waals surface area contributed by atoms with Crippen LogP contribution in [0.1, 0.15) is 38.5 Å². The zero-order valence-corrected chi connectivity index (χ0v) is 7.22. The molecule has 0 radical (unpaired) electrons. The largest absolute Gasteiger partial charge is 0.502 e. The molecule has 0 unspecified atom stereocenters. The van der Waals surface area contributed by atoms with Gasteiger partial charge in [0.1, 0.15) is 0 Å². The number of ether oxygens (including phenoxy) is 1. The van der Waals surface area contributed by atoms with Crippen LogP contribution in [-0.4, -0.2) is 6.61 Å². The molecule has 0 aliphatic heterocycles. The summed E-state index contributed by atoms with van der Waals surface area (Å²) in [5.74, 6) is 0.934. The summed E-state index contributed by atoms with van der Waals surface area (Å²) in [7, 11) is 0. The average molecular weight is 154 g/mol. The fourth-order valence-electron chi connectivity index (χ4n) is 1.79. The van der Waals surface area contributed by atoms with Crippen LogP contribution in [0, 0.1) is 5.92 Å². The van der Waals surface area contributed by atoms with Gasteiger partial charge in [0.05, 0.1) is 12.9 Å². The summed E-state index contributed by atoms with van der Waals surface area (Å²) in [5, 5.41) is 0. The summed E-state index contributed by atoms with van der Waals surface area (Å²) in [6, 6.07) is 0. The van der Waals surface area contributed by atoms with Crippen LogP contribution < -0.4 is 0 Å². The molecule has 1 fully saturated rings. The van der Waals surface area contributed by atoms with Crippen molar-refractivity contribution in [2.45, 2.75) is 38.5 Å². The Hall–Kier alpha value is -0.460. The van der Waals surface area contributed by atoms with Gasteiger partial charge in [-0.15, -0.1) is 0 Å². The summed E-state index contributed by atoms with van der Waals surface area (Å²) in [6.07, 6.45) is 9.91. The lowest BCUT2D eigenvalue weighted by atomic mass is 9.87. The molecule has 0 spiro atoms. The van der Waals surface area contributed by atoms with Crippen molar-refractivity contribution in [3.63, 3.8) is 0 Å². The van der Waals surface area contributed by atoms with Gasteiger partial charge in [0.15, 0.2) is 0 Å². The van der Waals surface area contributed by atoms with E-state index in [-0.39, 0.29) is 0 Å². The SMILES string of the molecule is C=COCCC1CCCCC1. The van der Waals surface area contributed by atoms with Gasteiger partial charge in [-0.25, -0.2) is 0 Å². The van der Waals surface area contributed by atoms with Crippen LogP contribution in [0.2, 0.25) is 0 Å². The second kappa shape index (κ2) is 5.22. The van der Waals surface area contributed by atoms with Gasteiger partial charge in [0.2, 0.25) is 0 Å². The lowest BCUT2D eigenvalue weighted by Crippen LogP contribution is -2.08. The molecule has 1 aliphatic carbocycles. The molecule has 0 atom stereocenters. The minimum atomic E-state index is 0.869. The van der Waals surface area contributed by atoms with Gasteiger partial charge in [-0.3, -0.25) is 0 Å². The quantitative estimate of drug-likeness (QED) is 0.446. The molecule has 0 saturated heterocycles. The van der Waals surface area contributed by atoms with Crippen LogP contribution in [0.3, 0.4) is 0 Å². The lowest BCUT2D eigenvalue weighted by Gasteiger charge is -2.20. The van der Waals surface area contributed by atoms with E-state index >= 15 is 0 Å². The van der Waals surface area contributed by atoms with E-state index in [9.17, 15) is 0 Å². The second-order valence-electron chi connectivity index (χ2n) is 3.33. The Morgan fingerprint density at radius 1 is 1.27 bits per heavy atom. The number of rotatable bonds is 4. The summed E-state index contributed by atoms with van der Waals surface area (Å²) in [4.78, 5) is 0. The standard InChI is InChI=1S/C10H18O/c1-2-11-9-8-10-6-4-3-5-7-10/h2,10H,1,3-9H2. The third-order valence-electron chi connectivity index (χ3n) is 2.49. The van der Waals surface area contributed by atoms with E-state index in [1.807, 2.05) is 0 Å². The van der Waals surface area contributed by atoms with E-state index < -0.39 is 0 Å². The van der Waals surface area contributed by atoms with E-state index in [1.165, 1.54) is 38.5 Å². The van der Waals surface area contributed by atoms with Crippen molar-refractivity contribution in [1.29, 1.82) is 0 Å². The third-order valence-corrected chi connectivity index (χ3v) is 2.49. The van der Waals surface area contributed by atoms with E-state index in [1.54, 1.807) is 6.26 Å². The minimum Gasteiger partial charge on any atom is -0.502 e. The first kappa shape index (κ1) is 8.63. The molecular weight excluding hydrogens is 136 g/mol. The third kappa shape index (κ3) is 3.45. The van der Waals surface area contributed by atoms with Crippen molar-refractivity contribution in [2.24, 2.45) is 5.92 Å². The van der Waals surface area contributed by atoms with Gasteiger partial charge >= 0.3 is 0 Å². The highest BCUT2D eigenvalue weighted by Gasteiger charge is 2.12. The molecule has 1 saturated carbocycles. The Balaban J connectivity index is 2.00. The Kier molecular flexibility index (Phi) is 4.10. The van der Waals surface area contributed by atoms with Gasteiger partial charge in [0.25, 0.3) is 0 Å². The van der Waals surface area contributed by atoms with Crippen molar-refractivity contribution in [2.75, 3.05) is 6.61 Å². The predicted octanol–water partition coefficient (Wildman–Crippen LogP) is 3.12. The van der Waals surface area contributed by atoms with E-state index in [0.717, 1.165) is 12.5 Å². The predicted molar refractivity (Wildman–Crippen MR) is 47.3 cm³/mol. The van der Waals surface area contributed by atoms with Gasteiger partial charge in [-0.2, -0.15) is 0 Å². The Morgan fingerprint density at radius 2 is 2.00 bits per heavy atom. The molecule has 0 N–H and O–H groups in total. The molecule has 0 aromatic rings. The van der Waals surface area contributed by atoms with E-state index in [0.29, 0.717) is 0 Å². The Morgan fingerprint density at radius 3 is 2.64 bits per heavy atom. The number of hydrogen-bond donors (Lipinski definition) is 0. The molecular formula is C10H18O.